The van der Waals surface area contributed by atoms with Crippen LogP contribution in [0, 0.1) is 0 Å². The van der Waals surface area contributed by atoms with Crippen LogP contribution in [0.3, 0.4) is 0 Å². The van der Waals surface area contributed by atoms with E-state index in [4.69, 9.17) is 4.74 Å². The largest absolute Gasteiger partial charge is 0.444 e. The van der Waals surface area contributed by atoms with Crippen LogP contribution >= 0.6 is 11.3 Å². The quantitative estimate of drug-likeness (QED) is 0.858. The molecule has 0 saturated carbocycles. The third-order valence-corrected chi connectivity index (χ3v) is 4.43. The highest BCUT2D eigenvalue weighted by atomic mass is 32.1. The zero-order valence-corrected chi connectivity index (χ0v) is 14.5. The van der Waals surface area contributed by atoms with Crippen LogP contribution in [-0.2, 0) is 4.74 Å². The van der Waals surface area contributed by atoms with Crippen LogP contribution in [0.1, 0.15) is 43.3 Å². The van der Waals surface area contributed by atoms with Gasteiger partial charge in [0.2, 0.25) is 0 Å². The fraction of sp³-hybridized carbons (Fsp3) is 0.625. The molecule has 1 aromatic rings. The van der Waals surface area contributed by atoms with Gasteiger partial charge in [0.15, 0.2) is 0 Å². The van der Waals surface area contributed by atoms with Crippen molar-refractivity contribution in [2.24, 2.45) is 0 Å². The molecule has 1 aromatic heterocycles. The number of rotatable bonds is 3. The van der Waals surface area contributed by atoms with Crippen molar-refractivity contribution in [1.82, 2.24) is 9.80 Å². The molecule has 2 heterocycles. The monoisotopic (exact) mass is 324 g/mol. The molecule has 122 valence electrons. The Morgan fingerprint density at radius 1 is 1.45 bits per heavy atom. The van der Waals surface area contributed by atoms with Gasteiger partial charge < -0.3 is 14.5 Å². The Hall–Kier alpha value is -1.56. The van der Waals surface area contributed by atoms with Crippen LogP contribution in [-0.4, -0.2) is 53.6 Å². The topological polar surface area (TPSA) is 49.9 Å². The minimum Gasteiger partial charge on any atom is -0.444 e. The van der Waals surface area contributed by atoms with Crippen molar-refractivity contribution in [3.05, 3.63) is 22.4 Å². The SMILES string of the molecule is CN(C[C@H]1CCCN1C(=O)OC(C)(C)C)C(=O)c1cccs1. The molecular formula is C16H24N2O3S. The van der Waals surface area contributed by atoms with Crippen molar-refractivity contribution in [3.8, 4) is 0 Å². The van der Waals surface area contributed by atoms with Gasteiger partial charge in [-0.2, -0.15) is 0 Å². The number of hydrogen-bond acceptors (Lipinski definition) is 4. The van der Waals surface area contributed by atoms with Gasteiger partial charge in [-0.3, -0.25) is 4.79 Å². The highest BCUT2D eigenvalue weighted by Gasteiger charge is 2.33. The second kappa shape index (κ2) is 6.69. The fourth-order valence-corrected chi connectivity index (χ4v) is 3.29. The smallest absolute Gasteiger partial charge is 0.410 e. The molecule has 0 unspecified atom stereocenters. The Bertz CT molecular complexity index is 522. The molecule has 1 aliphatic rings. The lowest BCUT2D eigenvalue weighted by atomic mass is 10.2. The summed E-state index contributed by atoms with van der Waals surface area (Å²) in [6, 6.07) is 3.72. The lowest BCUT2D eigenvalue weighted by molar-refractivity contribution is 0.0199. The van der Waals surface area contributed by atoms with E-state index < -0.39 is 5.60 Å². The Balaban J connectivity index is 1.96. The van der Waals surface area contributed by atoms with Crippen molar-refractivity contribution in [2.75, 3.05) is 20.1 Å². The zero-order chi connectivity index (χ0) is 16.3. The van der Waals surface area contributed by atoms with E-state index in [0.29, 0.717) is 13.1 Å². The summed E-state index contributed by atoms with van der Waals surface area (Å²) < 4.78 is 5.45. The second-order valence-electron chi connectivity index (χ2n) is 6.63. The molecule has 0 N–H and O–H groups in total. The summed E-state index contributed by atoms with van der Waals surface area (Å²) in [4.78, 5) is 28.7. The van der Waals surface area contributed by atoms with Crippen LogP contribution in [0.2, 0.25) is 0 Å². The van der Waals surface area contributed by atoms with Gasteiger partial charge in [0.25, 0.3) is 5.91 Å². The molecule has 2 amide bonds. The van der Waals surface area contributed by atoms with E-state index in [9.17, 15) is 9.59 Å². The first kappa shape index (κ1) is 16.8. The van der Waals surface area contributed by atoms with Gasteiger partial charge in [0.1, 0.15) is 5.60 Å². The maximum Gasteiger partial charge on any atom is 0.410 e. The average Bonchev–Trinajstić information content (AvgIpc) is 3.06. The first-order valence-electron chi connectivity index (χ1n) is 7.56. The Morgan fingerprint density at radius 2 is 2.18 bits per heavy atom. The summed E-state index contributed by atoms with van der Waals surface area (Å²) >= 11 is 1.44. The van der Waals surface area contributed by atoms with Crippen LogP contribution in [0.5, 0.6) is 0 Å². The minimum atomic E-state index is -0.497. The van der Waals surface area contributed by atoms with Crippen LogP contribution in [0.4, 0.5) is 4.79 Å². The third kappa shape index (κ3) is 4.22. The molecule has 0 bridgehead atoms. The van der Waals surface area contributed by atoms with Crippen molar-refractivity contribution in [2.45, 2.75) is 45.3 Å². The lowest BCUT2D eigenvalue weighted by Gasteiger charge is -2.30. The third-order valence-electron chi connectivity index (χ3n) is 3.57. The predicted molar refractivity (Wildman–Crippen MR) is 87.2 cm³/mol. The maximum atomic E-state index is 12.3. The van der Waals surface area contributed by atoms with Gasteiger partial charge in [-0.05, 0) is 45.1 Å². The van der Waals surface area contributed by atoms with Crippen LogP contribution < -0.4 is 0 Å². The molecule has 2 rings (SSSR count). The van der Waals surface area contributed by atoms with E-state index in [2.05, 4.69) is 0 Å². The summed E-state index contributed by atoms with van der Waals surface area (Å²) in [5, 5.41) is 1.89. The molecule has 1 fully saturated rings. The standard InChI is InChI=1S/C16H24N2O3S/c1-16(2,3)21-15(20)18-9-5-7-12(18)11-17(4)14(19)13-8-6-10-22-13/h6,8,10,12H,5,7,9,11H2,1-4H3/t12-/m1/s1. The van der Waals surface area contributed by atoms with Crippen molar-refractivity contribution >= 4 is 23.3 Å². The van der Waals surface area contributed by atoms with Crippen molar-refractivity contribution in [3.63, 3.8) is 0 Å². The van der Waals surface area contributed by atoms with Crippen LogP contribution in [0.15, 0.2) is 17.5 Å². The van der Waals surface area contributed by atoms with Gasteiger partial charge in [0, 0.05) is 20.1 Å². The van der Waals surface area contributed by atoms with Gasteiger partial charge in [-0.1, -0.05) is 6.07 Å². The molecular weight excluding hydrogens is 300 g/mol. The lowest BCUT2D eigenvalue weighted by Crippen LogP contribution is -2.45. The van der Waals surface area contributed by atoms with E-state index in [0.717, 1.165) is 17.7 Å². The number of likely N-dealkylation sites (tertiary alicyclic amines) is 1. The second-order valence-corrected chi connectivity index (χ2v) is 7.58. The Labute approximate surface area is 135 Å². The molecule has 0 aliphatic carbocycles. The number of thiophene rings is 1. The van der Waals surface area contributed by atoms with E-state index in [-0.39, 0.29) is 18.0 Å². The minimum absolute atomic E-state index is 0.00559. The van der Waals surface area contributed by atoms with Crippen LogP contribution in [0.25, 0.3) is 0 Å². The van der Waals surface area contributed by atoms with E-state index in [1.807, 2.05) is 38.3 Å². The average molecular weight is 324 g/mol. The predicted octanol–water partition coefficient (Wildman–Crippen LogP) is 3.22. The first-order valence-corrected chi connectivity index (χ1v) is 8.44. The van der Waals surface area contributed by atoms with Gasteiger partial charge >= 0.3 is 6.09 Å². The molecule has 0 radical (unpaired) electrons. The molecule has 0 spiro atoms. The van der Waals surface area contributed by atoms with E-state index in [1.165, 1.54) is 11.3 Å². The number of carbonyl (C=O) groups excluding carboxylic acids is 2. The molecule has 22 heavy (non-hydrogen) atoms. The highest BCUT2D eigenvalue weighted by Crippen LogP contribution is 2.22. The summed E-state index contributed by atoms with van der Waals surface area (Å²) in [6.45, 7) is 6.82. The summed E-state index contributed by atoms with van der Waals surface area (Å²) in [5.41, 5.74) is -0.497. The molecule has 6 heteroatoms. The number of hydrogen-bond donors (Lipinski definition) is 0. The fourth-order valence-electron chi connectivity index (χ4n) is 2.57. The number of likely N-dealkylation sites (N-methyl/N-ethyl adjacent to an activating group) is 1. The van der Waals surface area contributed by atoms with Gasteiger partial charge in [-0.25, -0.2) is 4.79 Å². The maximum absolute atomic E-state index is 12.3. The Morgan fingerprint density at radius 3 is 2.77 bits per heavy atom. The summed E-state index contributed by atoms with van der Waals surface area (Å²) in [7, 11) is 1.79. The molecule has 0 aromatic carbocycles. The van der Waals surface area contributed by atoms with Gasteiger partial charge in [0.05, 0.1) is 10.9 Å². The van der Waals surface area contributed by atoms with Crippen molar-refractivity contribution in [1.29, 1.82) is 0 Å². The normalized spacial score (nSPS) is 18.4. The molecule has 5 nitrogen and oxygen atoms in total. The molecule has 1 atom stereocenters. The number of ether oxygens (including phenoxy) is 1. The molecule has 1 saturated heterocycles. The summed E-state index contributed by atoms with van der Waals surface area (Å²) in [5.74, 6) is 0.00559. The Kier molecular flexibility index (Phi) is 5.11. The number of nitrogens with zero attached hydrogens (tertiary/aromatic N) is 2. The summed E-state index contributed by atoms with van der Waals surface area (Å²) in [6.07, 6.45) is 1.57. The van der Waals surface area contributed by atoms with Crippen molar-refractivity contribution < 1.29 is 14.3 Å². The number of carbonyl (C=O) groups is 2. The van der Waals surface area contributed by atoms with Gasteiger partial charge in [-0.15, -0.1) is 11.3 Å². The first-order chi connectivity index (χ1) is 10.3. The van der Waals surface area contributed by atoms with E-state index in [1.54, 1.807) is 16.8 Å². The zero-order valence-electron chi connectivity index (χ0n) is 13.7. The molecule has 1 aliphatic heterocycles. The number of amides is 2. The highest BCUT2D eigenvalue weighted by molar-refractivity contribution is 7.12. The van der Waals surface area contributed by atoms with E-state index >= 15 is 0 Å².